The quantitative estimate of drug-likeness (QED) is 0.751. The number of nitrogens with one attached hydrogen (secondary N) is 2. The number of rotatable bonds is 7. The van der Waals surface area contributed by atoms with Gasteiger partial charge >= 0.3 is 0 Å². The highest BCUT2D eigenvalue weighted by atomic mass is 16.2. The van der Waals surface area contributed by atoms with Gasteiger partial charge in [0.2, 0.25) is 11.8 Å². The molecule has 2 aromatic rings. The van der Waals surface area contributed by atoms with Crippen LogP contribution in [0.25, 0.3) is 0 Å². The number of anilines is 1. The van der Waals surface area contributed by atoms with Crippen molar-refractivity contribution in [2.75, 3.05) is 5.32 Å². The van der Waals surface area contributed by atoms with Gasteiger partial charge in [-0.3, -0.25) is 14.4 Å². The summed E-state index contributed by atoms with van der Waals surface area (Å²) >= 11 is 0. The summed E-state index contributed by atoms with van der Waals surface area (Å²) in [5.74, 6) is -0.659. The second-order valence-corrected chi connectivity index (χ2v) is 6.58. The second kappa shape index (κ2) is 8.94. The molecule has 0 bridgehead atoms. The highest BCUT2D eigenvalue weighted by Gasteiger charge is 2.24. The molecule has 0 spiro atoms. The molecular weight excluding hydrogens is 328 g/mol. The van der Waals surface area contributed by atoms with Crippen LogP contribution in [-0.2, 0) is 16.0 Å². The highest BCUT2D eigenvalue weighted by Crippen LogP contribution is 2.13. The Kier molecular flexibility index (Phi) is 6.67. The lowest BCUT2D eigenvalue weighted by atomic mass is 10.0. The Bertz CT molecular complexity index is 785. The topological polar surface area (TPSA) is 75.3 Å². The molecule has 136 valence electrons. The van der Waals surface area contributed by atoms with Crippen molar-refractivity contribution in [3.8, 4) is 0 Å². The maximum atomic E-state index is 12.6. The Morgan fingerprint density at radius 1 is 0.962 bits per heavy atom. The zero-order chi connectivity index (χ0) is 19.1. The normalized spacial score (nSPS) is 11.7. The average molecular weight is 352 g/mol. The molecule has 5 nitrogen and oxygen atoms in total. The van der Waals surface area contributed by atoms with Crippen LogP contribution in [0.15, 0.2) is 54.6 Å². The van der Waals surface area contributed by atoms with Crippen molar-refractivity contribution < 1.29 is 14.4 Å². The Balaban J connectivity index is 2.04. The van der Waals surface area contributed by atoms with Gasteiger partial charge in [0.25, 0.3) is 0 Å². The maximum absolute atomic E-state index is 12.6. The van der Waals surface area contributed by atoms with E-state index < -0.39 is 6.04 Å². The Hall–Kier alpha value is -2.95. The minimum absolute atomic E-state index is 0.0716. The lowest BCUT2D eigenvalue weighted by Gasteiger charge is -2.22. The number of carbonyl (C=O) groups excluding carboxylic acids is 3. The summed E-state index contributed by atoms with van der Waals surface area (Å²) in [6.07, 6.45) is 0.219. The third kappa shape index (κ3) is 5.55. The molecule has 26 heavy (non-hydrogen) atoms. The van der Waals surface area contributed by atoms with Crippen molar-refractivity contribution in [2.24, 2.45) is 5.92 Å². The zero-order valence-electron chi connectivity index (χ0n) is 15.3. The number of ketones is 1. The molecule has 2 aromatic carbocycles. The molecule has 0 aromatic heterocycles. The monoisotopic (exact) mass is 352 g/mol. The van der Waals surface area contributed by atoms with Crippen LogP contribution < -0.4 is 10.6 Å². The highest BCUT2D eigenvalue weighted by molar-refractivity contribution is 5.99. The fourth-order valence-corrected chi connectivity index (χ4v) is 2.58. The molecule has 0 aliphatic carbocycles. The molecule has 2 rings (SSSR count). The number of Topliss-reactive ketones (excluding diaryl/α,β-unsaturated/α-hetero) is 1. The number of carbonyl (C=O) groups is 3. The van der Waals surface area contributed by atoms with Crippen molar-refractivity contribution in [2.45, 2.75) is 33.2 Å². The summed E-state index contributed by atoms with van der Waals surface area (Å²) in [6.45, 7) is 5.22. The predicted molar refractivity (Wildman–Crippen MR) is 102 cm³/mol. The Morgan fingerprint density at radius 2 is 1.65 bits per heavy atom. The van der Waals surface area contributed by atoms with Crippen molar-refractivity contribution in [3.05, 3.63) is 65.7 Å². The van der Waals surface area contributed by atoms with Crippen molar-refractivity contribution in [3.63, 3.8) is 0 Å². The summed E-state index contributed by atoms with van der Waals surface area (Å²) in [6, 6.07) is 15.5. The van der Waals surface area contributed by atoms with E-state index in [4.69, 9.17) is 0 Å². The SMILES string of the molecule is CC(=O)c1cccc(NC(=O)[C@@H](NC(=O)Cc2ccccc2)C(C)C)c1. The van der Waals surface area contributed by atoms with E-state index in [9.17, 15) is 14.4 Å². The zero-order valence-corrected chi connectivity index (χ0v) is 15.3. The first-order chi connectivity index (χ1) is 12.4. The average Bonchev–Trinajstić information content (AvgIpc) is 2.60. The van der Waals surface area contributed by atoms with Crippen LogP contribution in [0.2, 0.25) is 0 Å². The summed E-state index contributed by atoms with van der Waals surface area (Å²) in [4.78, 5) is 36.4. The molecule has 0 heterocycles. The predicted octanol–water partition coefficient (Wildman–Crippen LogP) is 3.21. The molecule has 2 N–H and O–H groups in total. The first kappa shape index (κ1) is 19.4. The molecule has 5 heteroatoms. The van der Waals surface area contributed by atoms with Gasteiger partial charge in [-0.2, -0.15) is 0 Å². The van der Waals surface area contributed by atoms with Crippen LogP contribution in [0.4, 0.5) is 5.69 Å². The molecular formula is C21H24N2O3. The number of amides is 2. The van der Waals surface area contributed by atoms with E-state index in [1.807, 2.05) is 44.2 Å². The molecule has 0 unspecified atom stereocenters. The lowest BCUT2D eigenvalue weighted by molar-refractivity contribution is -0.127. The maximum Gasteiger partial charge on any atom is 0.247 e. The number of benzene rings is 2. The van der Waals surface area contributed by atoms with E-state index in [1.165, 1.54) is 6.92 Å². The van der Waals surface area contributed by atoms with Crippen LogP contribution >= 0.6 is 0 Å². The van der Waals surface area contributed by atoms with Crippen molar-refractivity contribution >= 4 is 23.3 Å². The van der Waals surface area contributed by atoms with Gasteiger partial charge in [0.1, 0.15) is 6.04 Å². The summed E-state index contributed by atoms with van der Waals surface area (Å²) < 4.78 is 0. The van der Waals surface area contributed by atoms with Gasteiger partial charge in [0.15, 0.2) is 5.78 Å². The third-order valence-electron chi connectivity index (χ3n) is 4.01. The fourth-order valence-electron chi connectivity index (χ4n) is 2.58. The van der Waals surface area contributed by atoms with Gasteiger partial charge in [0, 0.05) is 11.3 Å². The Labute approximate surface area is 153 Å². The second-order valence-electron chi connectivity index (χ2n) is 6.58. The summed E-state index contributed by atoms with van der Waals surface area (Å²) in [5.41, 5.74) is 1.95. The van der Waals surface area contributed by atoms with Crippen LogP contribution in [0.1, 0.15) is 36.7 Å². The smallest absolute Gasteiger partial charge is 0.247 e. The minimum Gasteiger partial charge on any atom is -0.344 e. The molecule has 0 aliphatic rings. The first-order valence-corrected chi connectivity index (χ1v) is 8.62. The van der Waals surface area contributed by atoms with E-state index in [0.717, 1.165) is 5.56 Å². The van der Waals surface area contributed by atoms with Gasteiger partial charge in [-0.05, 0) is 30.5 Å². The molecule has 1 atom stereocenters. The molecule has 0 saturated carbocycles. The van der Waals surface area contributed by atoms with Gasteiger partial charge in [-0.15, -0.1) is 0 Å². The van der Waals surface area contributed by atoms with Crippen molar-refractivity contribution in [1.29, 1.82) is 0 Å². The first-order valence-electron chi connectivity index (χ1n) is 8.62. The third-order valence-corrected chi connectivity index (χ3v) is 4.01. The molecule has 2 amide bonds. The van der Waals surface area contributed by atoms with E-state index in [1.54, 1.807) is 24.3 Å². The van der Waals surface area contributed by atoms with E-state index >= 15 is 0 Å². The van der Waals surface area contributed by atoms with Gasteiger partial charge in [-0.1, -0.05) is 56.3 Å². The van der Waals surface area contributed by atoms with Crippen LogP contribution in [0.5, 0.6) is 0 Å². The van der Waals surface area contributed by atoms with E-state index in [-0.39, 0.29) is 29.9 Å². The molecule has 0 saturated heterocycles. The lowest BCUT2D eigenvalue weighted by Crippen LogP contribution is -2.47. The van der Waals surface area contributed by atoms with Crippen LogP contribution in [-0.4, -0.2) is 23.6 Å². The fraction of sp³-hybridized carbons (Fsp3) is 0.286. The molecule has 0 aliphatic heterocycles. The van der Waals surface area contributed by atoms with E-state index in [0.29, 0.717) is 11.3 Å². The largest absolute Gasteiger partial charge is 0.344 e. The summed E-state index contributed by atoms with van der Waals surface area (Å²) in [7, 11) is 0. The van der Waals surface area contributed by atoms with Crippen LogP contribution in [0.3, 0.4) is 0 Å². The van der Waals surface area contributed by atoms with Crippen LogP contribution in [0, 0.1) is 5.92 Å². The molecule has 0 radical (unpaired) electrons. The number of hydrogen-bond acceptors (Lipinski definition) is 3. The Morgan fingerprint density at radius 3 is 2.27 bits per heavy atom. The van der Waals surface area contributed by atoms with Gasteiger partial charge in [0.05, 0.1) is 6.42 Å². The minimum atomic E-state index is -0.660. The van der Waals surface area contributed by atoms with Gasteiger partial charge < -0.3 is 10.6 Å². The van der Waals surface area contributed by atoms with Crippen molar-refractivity contribution in [1.82, 2.24) is 5.32 Å². The number of hydrogen-bond donors (Lipinski definition) is 2. The van der Waals surface area contributed by atoms with E-state index in [2.05, 4.69) is 10.6 Å². The molecule has 0 fully saturated rings. The summed E-state index contributed by atoms with van der Waals surface area (Å²) in [5, 5.41) is 5.59. The van der Waals surface area contributed by atoms with Gasteiger partial charge in [-0.25, -0.2) is 0 Å². The standard InChI is InChI=1S/C21H24N2O3/c1-14(2)20(23-19(25)12-16-8-5-4-6-9-16)21(26)22-18-11-7-10-17(13-18)15(3)24/h4-11,13-14,20H,12H2,1-3H3,(H,22,26)(H,23,25)/t20-/m0/s1.